The predicted octanol–water partition coefficient (Wildman–Crippen LogP) is 2.36. The fraction of sp³-hybridized carbons (Fsp3) is 0.542. The number of hydrogen-bond acceptors (Lipinski definition) is 7. The van der Waals surface area contributed by atoms with E-state index in [1.165, 1.54) is 5.56 Å². The number of methoxy groups -OCH3 is 1. The van der Waals surface area contributed by atoms with Crippen LogP contribution in [0.4, 0.5) is 11.5 Å². The molecule has 8 heteroatoms. The molecule has 2 aliphatic heterocycles. The normalized spacial score (nSPS) is 35.0. The molecule has 8 nitrogen and oxygen atoms in total. The van der Waals surface area contributed by atoms with Gasteiger partial charge in [0, 0.05) is 24.7 Å². The highest BCUT2D eigenvalue weighted by atomic mass is 16.5. The van der Waals surface area contributed by atoms with Crippen LogP contribution in [0.25, 0.3) is 0 Å². The number of aromatic nitrogens is 2. The minimum absolute atomic E-state index is 0.0808. The number of fused-ring (bicyclic) bond motifs is 3. The van der Waals surface area contributed by atoms with Crippen molar-refractivity contribution in [2.75, 3.05) is 24.4 Å². The lowest BCUT2D eigenvalue weighted by molar-refractivity contribution is -0.120. The van der Waals surface area contributed by atoms with Crippen molar-refractivity contribution in [1.82, 2.24) is 20.8 Å². The predicted molar refractivity (Wildman–Crippen MR) is 121 cm³/mol. The second-order valence-electron chi connectivity index (χ2n) is 9.75. The number of hydrazine groups is 1. The van der Waals surface area contributed by atoms with E-state index < -0.39 is 0 Å². The number of aryl methyl sites for hydroxylation is 1. The number of carbonyl (C=O) groups excluding carboxylic acids is 1. The third-order valence-electron chi connectivity index (χ3n) is 8.20. The summed E-state index contributed by atoms with van der Waals surface area (Å²) in [4.78, 5) is 23.9. The molecule has 1 amide bonds. The number of amides is 1. The van der Waals surface area contributed by atoms with Gasteiger partial charge in [0.05, 0.1) is 24.9 Å². The molecule has 168 valence electrons. The van der Waals surface area contributed by atoms with E-state index in [2.05, 4.69) is 44.3 Å². The molecule has 2 saturated carbocycles. The lowest BCUT2D eigenvalue weighted by Gasteiger charge is -2.34. The lowest BCUT2D eigenvalue weighted by Crippen LogP contribution is -2.39. The van der Waals surface area contributed by atoms with Gasteiger partial charge in [0.1, 0.15) is 5.82 Å². The van der Waals surface area contributed by atoms with Crippen LogP contribution in [0.1, 0.15) is 37.1 Å². The van der Waals surface area contributed by atoms with E-state index >= 15 is 0 Å². The van der Waals surface area contributed by atoms with Crippen molar-refractivity contribution in [1.29, 1.82) is 0 Å². The molecule has 1 aromatic carbocycles. The molecule has 1 aromatic heterocycles. The quantitative estimate of drug-likeness (QED) is 0.680. The summed E-state index contributed by atoms with van der Waals surface area (Å²) in [5.74, 6) is 3.83. The third kappa shape index (κ3) is 2.79. The maximum atomic E-state index is 13.2. The van der Waals surface area contributed by atoms with Crippen molar-refractivity contribution in [2.24, 2.45) is 17.8 Å². The summed E-state index contributed by atoms with van der Waals surface area (Å²) in [6.07, 6.45) is 6.12. The fourth-order valence-electron chi connectivity index (χ4n) is 6.54. The van der Waals surface area contributed by atoms with Gasteiger partial charge in [0.15, 0.2) is 11.6 Å². The molecular formula is C24H30N6O2. The first-order chi connectivity index (χ1) is 15.5. The number of para-hydroxylation sites is 1. The number of rotatable bonds is 4. The van der Waals surface area contributed by atoms with Crippen molar-refractivity contribution < 1.29 is 9.53 Å². The van der Waals surface area contributed by atoms with Crippen molar-refractivity contribution >= 4 is 17.4 Å². The van der Waals surface area contributed by atoms with Crippen LogP contribution in [0.3, 0.4) is 0 Å². The summed E-state index contributed by atoms with van der Waals surface area (Å²) in [5.41, 5.74) is 9.01. The third-order valence-corrected chi connectivity index (χ3v) is 8.20. The number of anilines is 2. The van der Waals surface area contributed by atoms with Gasteiger partial charge < -0.3 is 15.0 Å². The van der Waals surface area contributed by atoms with Gasteiger partial charge in [-0.1, -0.05) is 18.2 Å². The highest BCUT2D eigenvalue weighted by Gasteiger charge is 2.68. The van der Waals surface area contributed by atoms with Crippen LogP contribution in [-0.2, 0) is 10.2 Å². The maximum absolute atomic E-state index is 13.2. The van der Waals surface area contributed by atoms with Gasteiger partial charge in [-0.05, 0) is 56.1 Å². The average Bonchev–Trinajstić information content (AvgIpc) is 3.40. The number of hydrogen-bond donors (Lipinski definition) is 3. The molecule has 2 aromatic rings. The Kier molecular flexibility index (Phi) is 4.45. The fourth-order valence-corrected chi connectivity index (χ4v) is 6.54. The molecule has 1 saturated heterocycles. The monoisotopic (exact) mass is 434 g/mol. The van der Waals surface area contributed by atoms with Crippen molar-refractivity contribution in [3.8, 4) is 5.75 Å². The van der Waals surface area contributed by atoms with Gasteiger partial charge in [-0.3, -0.25) is 10.2 Å². The van der Waals surface area contributed by atoms with Crippen LogP contribution in [0.2, 0.25) is 0 Å². The minimum atomic E-state index is -0.279. The highest BCUT2D eigenvalue weighted by Crippen LogP contribution is 2.66. The van der Waals surface area contributed by atoms with E-state index in [0.717, 1.165) is 37.2 Å². The molecule has 0 bridgehead atoms. The molecule has 4 aliphatic rings. The summed E-state index contributed by atoms with van der Waals surface area (Å²) in [6.45, 7) is 1.88. The second-order valence-corrected chi connectivity index (χ2v) is 9.75. The average molecular weight is 435 g/mol. The Hall–Kier alpha value is -2.71. The zero-order chi connectivity index (χ0) is 22.0. The number of nitrogens with one attached hydrogen (secondary N) is 3. The molecule has 6 atom stereocenters. The first-order valence-electron chi connectivity index (χ1n) is 11.6. The molecule has 2 aliphatic carbocycles. The molecule has 6 rings (SSSR count). The number of ether oxygens (including phenoxy) is 1. The largest absolute Gasteiger partial charge is 0.491 e. The van der Waals surface area contributed by atoms with Crippen molar-refractivity contribution in [2.45, 2.75) is 50.2 Å². The molecule has 0 radical (unpaired) electrons. The van der Waals surface area contributed by atoms with Crippen molar-refractivity contribution in [3.63, 3.8) is 0 Å². The molecule has 1 spiro atoms. The van der Waals surface area contributed by atoms with Crippen LogP contribution >= 0.6 is 0 Å². The van der Waals surface area contributed by atoms with E-state index in [-0.39, 0.29) is 17.5 Å². The molecule has 32 heavy (non-hydrogen) atoms. The van der Waals surface area contributed by atoms with E-state index in [9.17, 15) is 4.79 Å². The molecular weight excluding hydrogens is 404 g/mol. The number of likely N-dealkylation sites (N-methyl/N-ethyl adjacent to an activating group) is 1. The van der Waals surface area contributed by atoms with E-state index in [1.54, 1.807) is 13.3 Å². The van der Waals surface area contributed by atoms with Crippen LogP contribution in [-0.4, -0.2) is 42.2 Å². The topological polar surface area (TPSA) is 91.4 Å². The zero-order valence-electron chi connectivity index (χ0n) is 18.8. The zero-order valence-corrected chi connectivity index (χ0v) is 18.8. The number of nitrogens with zero attached hydrogens (tertiary/aromatic N) is 3. The molecule has 4 unspecified atom stereocenters. The summed E-state index contributed by atoms with van der Waals surface area (Å²) in [7, 11) is 3.56. The summed E-state index contributed by atoms with van der Waals surface area (Å²) < 4.78 is 5.43. The van der Waals surface area contributed by atoms with Crippen LogP contribution in [0.5, 0.6) is 5.75 Å². The Balaban J connectivity index is 1.16. The Labute approximate surface area is 188 Å². The van der Waals surface area contributed by atoms with Gasteiger partial charge >= 0.3 is 0 Å². The van der Waals surface area contributed by atoms with Gasteiger partial charge in [0.2, 0.25) is 5.91 Å². The van der Waals surface area contributed by atoms with E-state index in [1.807, 2.05) is 24.9 Å². The van der Waals surface area contributed by atoms with Gasteiger partial charge in [-0.2, -0.15) is 0 Å². The first-order valence-corrected chi connectivity index (χ1v) is 11.6. The van der Waals surface area contributed by atoms with Gasteiger partial charge in [-0.25, -0.2) is 15.4 Å². The Morgan fingerprint density at radius 1 is 1.25 bits per heavy atom. The standard InChI is InChI=1S/C24H30N6O2/c1-13-25-12-20(32-3)22(26-13)27-21-15-9-8-14(10-18(15)28-29-21)17-11-24(17)16-6-4-5-7-19(16)30(2)23(24)31/h4-7,12,14-15,17-18,21,28-29H,8-11H2,1-3H3,(H,25,26,27)/t14?,15?,17-,18?,21?,24-/m0/s1. The smallest absolute Gasteiger partial charge is 0.237 e. The Morgan fingerprint density at radius 3 is 2.94 bits per heavy atom. The second kappa shape index (κ2) is 7.15. The minimum Gasteiger partial charge on any atom is -0.491 e. The molecule has 3 fully saturated rings. The van der Waals surface area contributed by atoms with Crippen LogP contribution < -0.4 is 25.8 Å². The molecule has 3 N–H and O–H groups in total. The van der Waals surface area contributed by atoms with E-state index in [0.29, 0.717) is 35.4 Å². The highest BCUT2D eigenvalue weighted by molar-refractivity contribution is 6.10. The van der Waals surface area contributed by atoms with Crippen LogP contribution in [0, 0.1) is 24.7 Å². The summed E-state index contributed by atoms with van der Waals surface area (Å²) in [5, 5.41) is 3.52. The van der Waals surface area contributed by atoms with Crippen molar-refractivity contribution in [3.05, 3.63) is 41.9 Å². The van der Waals surface area contributed by atoms with Gasteiger partial charge in [0.25, 0.3) is 0 Å². The van der Waals surface area contributed by atoms with Gasteiger partial charge in [-0.15, -0.1) is 0 Å². The Bertz CT molecular complexity index is 1080. The molecule has 3 heterocycles. The first kappa shape index (κ1) is 19.9. The lowest BCUT2D eigenvalue weighted by atomic mass is 9.74. The number of carbonyl (C=O) groups is 1. The summed E-state index contributed by atoms with van der Waals surface area (Å²) >= 11 is 0. The van der Waals surface area contributed by atoms with Crippen LogP contribution in [0.15, 0.2) is 30.5 Å². The SMILES string of the molecule is COc1cnc(C)nc1NC1NNC2CC([C@@H]3C[C@@]34C(=O)N(C)c3ccccc34)CCC21. The number of benzene rings is 1. The summed E-state index contributed by atoms with van der Waals surface area (Å²) in [6, 6.07) is 8.72. The Morgan fingerprint density at radius 2 is 2.09 bits per heavy atom. The maximum Gasteiger partial charge on any atom is 0.237 e. The van der Waals surface area contributed by atoms with E-state index in [4.69, 9.17) is 4.74 Å².